The topological polar surface area (TPSA) is 20.3 Å². The molecular weight excluding hydrogens is 255 g/mol. The Morgan fingerprint density at radius 3 is 2.21 bits per heavy atom. The maximum absolute atomic E-state index is 12.8. The lowest BCUT2D eigenvalue weighted by atomic mass is 9.94. The van der Waals surface area contributed by atoms with Crippen molar-refractivity contribution in [2.75, 3.05) is 13.1 Å². The molecule has 0 saturated carbocycles. The molecule has 0 heterocycles. The summed E-state index contributed by atoms with van der Waals surface area (Å²) < 4.78 is 38.5. The van der Waals surface area contributed by atoms with E-state index in [1.165, 1.54) is 23.1 Å². The van der Waals surface area contributed by atoms with Crippen molar-refractivity contribution in [2.45, 2.75) is 32.9 Å². The van der Waals surface area contributed by atoms with Crippen molar-refractivity contribution in [3.05, 3.63) is 35.4 Å². The van der Waals surface area contributed by atoms with E-state index in [2.05, 4.69) is 0 Å². The Morgan fingerprint density at radius 1 is 1.21 bits per heavy atom. The van der Waals surface area contributed by atoms with E-state index in [0.717, 1.165) is 6.92 Å². The van der Waals surface area contributed by atoms with Gasteiger partial charge in [-0.2, -0.15) is 13.2 Å². The summed E-state index contributed by atoms with van der Waals surface area (Å²) in [5, 5.41) is 0. The first-order valence-electron chi connectivity index (χ1n) is 6.27. The molecule has 1 atom stereocenters. The molecule has 0 bridgehead atoms. The van der Waals surface area contributed by atoms with Crippen molar-refractivity contribution >= 4 is 5.91 Å². The number of hydrogen-bond acceptors (Lipinski definition) is 1. The second-order valence-corrected chi connectivity index (χ2v) is 4.33. The molecule has 1 aromatic rings. The van der Waals surface area contributed by atoms with Crippen LogP contribution in [0.1, 0.15) is 42.6 Å². The van der Waals surface area contributed by atoms with Gasteiger partial charge in [-0.05, 0) is 32.4 Å². The zero-order valence-electron chi connectivity index (χ0n) is 11.3. The van der Waals surface area contributed by atoms with Crippen LogP contribution in [0.25, 0.3) is 0 Å². The van der Waals surface area contributed by atoms with E-state index in [1.807, 2.05) is 0 Å². The predicted molar refractivity (Wildman–Crippen MR) is 68.2 cm³/mol. The molecule has 0 aliphatic heterocycles. The molecule has 0 N–H and O–H groups in total. The molecule has 0 fully saturated rings. The standard InChI is InChI=1S/C14H18F3NO/c1-4-18(5-2)13(19)12-9-7-6-8-11(12)10(3)14(15,16)17/h6-10H,4-5H2,1-3H3. The predicted octanol–water partition coefficient (Wildman–Crippen LogP) is 3.83. The van der Waals surface area contributed by atoms with Crippen molar-refractivity contribution in [3.8, 4) is 0 Å². The highest BCUT2D eigenvalue weighted by atomic mass is 19.4. The number of benzene rings is 1. The molecular formula is C14H18F3NO. The maximum Gasteiger partial charge on any atom is 0.395 e. The van der Waals surface area contributed by atoms with Crippen LogP contribution in [0.5, 0.6) is 0 Å². The molecule has 0 aromatic heterocycles. The lowest BCUT2D eigenvalue weighted by molar-refractivity contribution is -0.146. The Labute approximate surface area is 111 Å². The fourth-order valence-corrected chi connectivity index (χ4v) is 1.93. The van der Waals surface area contributed by atoms with E-state index in [1.54, 1.807) is 19.9 Å². The van der Waals surface area contributed by atoms with Crippen LogP contribution >= 0.6 is 0 Å². The van der Waals surface area contributed by atoms with E-state index in [0.29, 0.717) is 13.1 Å². The second-order valence-electron chi connectivity index (χ2n) is 4.33. The lowest BCUT2D eigenvalue weighted by Crippen LogP contribution is -2.32. The fraction of sp³-hybridized carbons (Fsp3) is 0.500. The summed E-state index contributed by atoms with van der Waals surface area (Å²) >= 11 is 0. The van der Waals surface area contributed by atoms with Crippen LogP contribution in [0.2, 0.25) is 0 Å². The van der Waals surface area contributed by atoms with Gasteiger partial charge in [0.15, 0.2) is 0 Å². The van der Waals surface area contributed by atoms with Gasteiger partial charge in [0.25, 0.3) is 5.91 Å². The van der Waals surface area contributed by atoms with Gasteiger partial charge in [-0.25, -0.2) is 0 Å². The summed E-state index contributed by atoms with van der Waals surface area (Å²) in [4.78, 5) is 13.7. The van der Waals surface area contributed by atoms with Gasteiger partial charge in [0.2, 0.25) is 0 Å². The van der Waals surface area contributed by atoms with Gasteiger partial charge in [0.1, 0.15) is 0 Å². The Hall–Kier alpha value is -1.52. The number of alkyl halides is 3. The summed E-state index contributed by atoms with van der Waals surface area (Å²) in [6.45, 7) is 5.64. The third-order valence-corrected chi connectivity index (χ3v) is 3.20. The average molecular weight is 273 g/mol. The number of halogens is 3. The number of carbonyl (C=O) groups excluding carboxylic acids is 1. The molecule has 0 radical (unpaired) electrons. The van der Waals surface area contributed by atoms with Crippen LogP contribution < -0.4 is 0 Å². The van der Waals surface area contributed by atoms with Gasteiger partial charge in [0.05, 0.1) is 5.92 Å². The van der Waals surface area contributed by atoms with Crippen LogP contribution in [0, 0.1) is 0 Å². The number of carbonyl (C=O) groups is 1. The monoisotopic (exact) mass is 273 g/mol. The molecule has 1 unspecified atom stereocenters. The first-order valence-corrected chi connectivity index (χ1v) is 6.27. The van der Waals surface area contributed by atoms with Gasteiger partial charge in [-0.1, -0.05) is 18.2 Å². The second kappa shape index (κ2) is 6.08. The first kappa shape index (κ1) is 15.5. The van der Waals surface area contributed by atoms with E-state index in [4.69, 9.17) is 0 Å². The fourth-order valence-electron chi connectivity index (χ4n) is 1.93. The molecule has 1 rings (SSSR count). The molecule has 106 valence electrons. The first-order chi connectivity index (χ1) is 8.82. The highest BCUT2D eigenvalue weighted by Crippen LogP contribution is 2.36. The summed E-state index contributed by atoms with van der Waals surface area (Å²) in [5.41, 5.74) is 0.169. The Morgan fingerprint density at radius 2 is 1.74 bits per heavy atom. The molecule has 0 aliphatic rings. The largest absolute Gasteiger partial charge is 0.395 e. The van der Waals surface area contributed by atoms with Crippen LogP contribution in [0.4, 0.5) is 13.2 Å². The highest BCUT2D eigenvalue weighted by Gasteiger charge is 2.39. The van der Waals surface area contributed by atoms with Crippen molar-refractivity contribution in [1.29, 1.82) is 0 Å². The Bertz CT molecular complexity index is 439. The Balaban J connectivity index is 3.19. The van der Waals surface area contributed by atoms with Crippen molar-refractivity contribution < 1.29 is 18.0 Å². The number of rotatable bonds is 4. The number of hydrogen-bond donors (Lipinski definition) is 0. The molecule has 5 heteroatoms. The number of amides is 1. The van der Waals surface area contributed by atoms with E-state index in [9.17, 15) is 18.0 Å². The normalized spacial score (nSPS) is 13.2. The zero-order valence-corrected chi connectivity index (χ0v) is 11.3. The summed E-state index contributed by atoms with van der Waals surface area (Å²) in [6.07, 6.45) is -4.35. The minimum Gasteiger partial charge on any atom is -0.339 e. The third-order valence-electron chi connectivity index (χ3n) is 3.20. The molecule has 1 aromatic carbocycles. The van der Waals surface area contributed by atoms with Gasteiger partial charge in [0, 0.05) is 18.7 Å². The number of nitrogens with zero attached hydrogens (tertiary/aromatic N) is 1. The van der Waals surface area contributed by atoms with Gasteiger partial charge < -0.3 is 4.90 Å². The highest BCUT2D eigenvalue weighted by molar-refractivity contribution is 5.95. The van der Waals surface area contributed by atoms with Crippen molar-refractivity contribution in [1.82, 2.24) is 4.90 Å². The van der Waals surface area contributed by atoms with E-state index >= 15 is 0 Å². The quantitative estimate of drug-likeness (QED) is 0.816. The lowest BCUT2D eigenvalue weighted by Gasteiger charge is -2.23. The van der Waals surface area contributed by atoms with Crippen LogP contribution in [-0.2, 0) is 0 Å². The molecule has 0 aliphatic carbocycles. The van der Waals surface area contributed by atoms with Crippen molar-refractivity contribution in [3.63, 3.8) is 0 Å². The minimum absolute atomic E-state index is 0.0342. The van der Waals surface area contributed by atoms with E-state index < -0.39 is 12.1 Å². The maximum atomic E-state index is 12.8. The summed E-state index contributed by atoms with van der Waals surface area (Å²) in [7, 11) is 0. The molecule has 1 amide bonds. The van der Waals surface area contributed by atoms with Crippen LogP contribution in [0.15, 0.2) is 24.3 Å². The third kappa shape index (κ3) is 3.49. The molecule has 2 nitrogen and oxygen atoms in total. The van der Waals surface area contributed by atoms with Gasteiger partial charge in [-0.3, -0.25) is 4.79 Å². The minimum atomic E-state index is -4.35. The van der Waals surface area contributed by atoms with E-state index in [-0.39, 0.29) is 17.0 Å². The van der Waals surface area contributed by atoms with Gasteiger partial charge >= 0.3 is 6.18 Å². The van der Waals surface area contributed by atoms with Crippen molar-refractivity contribution in [2.24, 2.45) is 0 Å². The molecule has 0 saturated heterocycles. The molecule has 0 spiro atoms. The smallest absolute Gasteiger partial charge is 0.339 e. The summed E-state index contributed by atoms with van der Waals surface area (Å²) in [6, 6.07) is 5.94. The SMILES string of the molecule is CCN(CC)C(=O)c1ccccc1C(C)C(F)(F)F. The van der Waals surface area contributed by atoms with Crippen LogP contribution in [-0.4, -0.2) is 30.1 Å². The molecule has 19 heavy (non-hydrogen) atoms. The van der Waals surface area contributed by atoms with Gasteiger partial charge in [-0.15, -0.1) is 0 Å². The van der Waals surface area contributed by atoms with Crippen LogP contribution in [0.3, 0.4) is 0 Å². The zero-order chi connectivity index (χ0) is 14.6. The Kier molecular flexibility index (Phi) is 4.97. The summed E-state index contributed by atoms with van der Waals surface area (Å²) in [5.74, 6) is -2.00. The average Bonchev–Trinajstić information content (AvgIpc) is 2.38.